The average molecular weight is 502 g/mol. The average Bonchev–Trinajstić information content (AvgIpc) is 3.16. The molecule has 0 fully saturated rings. The molecule has 0 aliphatic carbocycles. The lowest BCUT2D eigenvalue weighted by atomic mass is 9.88. The van der Waals surface area contributed by atoms with Gasteiger partial charge in [0.25, 0.3) is 0 Å². The van der Waals surface area contributed by atoms with E-state index < -0.39 is 17.7 Å². The number of aryl methyl sites for hydroxylation is 1. The monoisotopic (exact) mass is 501 g/mol. The van der Waals surface area contributed by atoms with E-state index in [-0.39, 0.29) is 12.5 Å². The van der Waals surface area contributed by atoms with E-state index in [0.717, 1.165) is 46.0 Å². The van der Waals surface area contributed by atoms with Crippen molar-refractivity contribution in [2.24, 2.45) is 5.92 Å². The van der Waals surface area contributed by atoms with E-state index in [1.807, 2.05) is 31.2 Å². The highest BCUT2D eigenvalue weighted by Gasteiger charge is 2.32. The zero-order valence-electron chi connectivity index (χ0n) is 19.6. The molecule has 1 heterocycles. The van der Waals surface area contributed by atoms with E-state index in [1.54, 1.807) is 18.0 Å². The zero-order valence-corrected chi connectivity index (χ0v) is 20.4. The largest absolute Gasteiger partial charge is 0.482 e. The summed E-state index contributed by atoms with van der Waals surface area (Å²) in [5, 5.41) is 8.83. The molecule has 1 aliphatic heterocycles. The van der Waals surface area contributed by atoms with Crippen LogP contribution in [0.25, 0.3) is 11.1 Å². The topological polar surface area (TPSA) is 49.8 Å². The SMILES string of the molecule is Cc1cc(SN2CC(C(C)C)c3cc(-c4ccc(C(F)(F)F)cc4)ccc32)ccc1OCC(=O)O. The van der Waals surface area contributed by atoms with E-state index in [4.69, 9.17) is 9.84 Å². The molecule has 0 spiro atoms. The Morgan fingerprint density at radius 3 is 2.37 bits per heavy atom. The molecule has 4 rings (SSSR count). The van der Waals surface area contributed by atoms with Gasteiger partial charge in [-0.2, -0.15) is 13.2 Å². The summed E-state index contributed by atoms with van der Waals surface area (Å²) >= 11 is 1.61. The van der Waals surface area contributed by atoms with E-state index in [9.17, 15) is 18.0 Å². The van der Waals surface area contributed by atoms with Crippen molar-refractivity contribution >= 4 is 23.6 Å². The van der Waals surface area contributed by atoms with Crippen molar-refractivity contribution in [3.05, 3.63) is 77.4 Å². The van der Waals surface area contributed by atoms with Gasteiger partial charge in [0.05, 0.1) is 11.3 Å². The molecule has 3 aromatic rings. The second kappa shape index (κ2) is 9.85. The lowest BCUT2D eigenvalue weighted by Gasteiger charge is -2.20. The molecule has 184 valence electrons. The summed E-state index contributed by atoms with van der Waals surface area (Å²) < 4.78 is 46.4. The van der Waals surface area contributed by atoms with Crippen LogP contribution in [-0.4, -0.2) is 24.2 Å². The summed E-state index contributed by atoms with van der Waals surface area (Å²) in [5.41, 5.74) is 4.12. The normalized spacial score (nSPS) is 15.4. The fourth-order valence-corrected chi connectivity index (χ4v) is 5.36. The molecule has 0 saturated heterocycles. The Hall–Kier alpha value is -3.13. The van der Waals surface area contributed by atoms with E-state index in [0.29, 0.717) is 11.7 Å². The van der Waals surface area contributed by atoms with Gasteiger partial charge in [-0.25, -0.2) is 4.79 Å². The number of ether oxygens (including phenoxy) is 1. The molecule has 4 nitrogen and oxygen atoms in total. The predicted molar refractivity (Wildman–Crippen MR) is 132 cm³/mol. The minimum absolute atomic E-state index is 0.283. The number of hydrogen-bond acceptors (Lipinski definition) is 4. The Balaban J connectivity index is 1.58. The Morgan fingerprint density at radius 2 is 1.77 bits per heavy atom. The van der Waals surface area contributed by atoms with Crippen molar-refractivity contribution in [1.29, 1.82) is 0 Å². The number of carboxylic acids is 1. The molecule has 1 atom stereocenters. The molecule has 1 N–H and O–H groups in total. The van der Waals surface area contributed by atoms with Gasteiger partial charge in [-0.05, 0) is 89.5 Å². The zero-order chi connectivity index (χ0) is 25.3. The number of nitrogens with zero attached hydrogens (tertiary/aromatic N) is 1. The van der Waals surface area contributed by atoms with Gasteiger partial charge in [0, 0.05) is 17.4 Å². The number of benzene rings is 3. The molecule has 0 amide bonds. The minimum Gasteiger partial charge on any atom is -0.482 e. The molecular formula is C27H26F3NO3S. The highest BCUT2D eigenvalue weighted by atomic mass is 32.2. The van der Waals surface area contributed by atoms with Crippen molar-refractivity contribution in [3.8, 4) is 16.9 Å². The second-order valence-corrected chi connectivity index (χ2v) is 10.1. The van der Waals surface area contributed by atoms with Crippen LogP contribution in [-0.2, 0) is 11.0 Å². The summed E-state index contributed by atoms with van der Waals surface area (Å²) in [5.74, 6) is 0.189. The third kappa shape index (κ3) is 5.59. The first-order valence-corrected chi connectivity index (χ1v) is 12.0. The van der Waals surface area contributed by atoms with Crippen LogP contribution in [0.3, 0.4) is 0 Å². The van der Waals surface area contributed by atoms with Crippen LogP contribution in [0.5, 0.6) is 5.75 Å². The first kappa shape index (κ1) is 25.0. The molecular weight excluding hydrogens is 475 g/mol. The Kier molecular flexibility index (Phi) is 7.03. The van der Waals surface area contributed by atoms with Gasteiger partial charge in [0.15, 0.2) is 6.61 Å². The number of anilines is 1. The maximum absolute atomic E-state index is 12.9. The summed E-state index contributed by atoms with van der Waals surface area (Å²) in [7, 11) is 0. The molecule has 0 saturated carbocycles. The maximum Gasteiger partial charge on any atom is 0.416 e. The van der Waals surface area contributed by atoms with Crippen LogP contribution in [0.2, 0.25) is 0 Å². The van der Waals surface area contributed by atoms with E-state index in [1.165, 1.54) is 17.7 Å². The molecule has 1 unspecified atom stereocenters. The number of hydrogen-bond donors (Lipinski definition) is 1. The lowest BCUT2D eigenvalue weighted by Crippen LogP contribution is -2.16. The summed E-state index contributed by atoms with van der Waals surface area (Å²) in [4.78, 5) is 11.8. The van der Waals surface area contributed by atoms with Crippen molar-refractivity contribution in [1.82, 2.24) is 0 Å². The first-order chi connectivity index (χ1) is 16.5. The highest BCUT2D eigenvalue weighted by Crippen LogP contribution is 2.46. The number of carboxylic acid groups (broad SMARTS) is 1. The number of rotatable bonds is 7. The van der Waals surface area contributed by atoms with Gasteiger partial charge in [-0.15, -0.1) is 0 Å². The quantitative estimate of drug-likeness (QED) is 0.342. The van der Waals surface area contributed by atoms with Crippen molar-refractivity contribution in [2.45, 2.75) is 37.8 Å². The van der Waals surface area contributed by atoms with Gasteiger partial charge in [0.2, 0.25) is 0 Å². The van der Waals surface area contributed by atoms with Crippen molar-refractivity contribution < 1.29 is 27.8 Å². The smallest absolute Gasteiger partial charge is 0.416 e. The lowest BCUT2D eigenvalue weighted by molar-refractivity contribution is -0.139. The molecule has 3 aromatic carbocycles. The molecule has 0 aromatic heterocycles. The van der Waals surface area contributed by atoms with Crippen LogP contribution < -0.4 is 9.04 Å². The summed E-state index contributed by atoms with van der Waals surface area (Å²) in [6.07, 6.45) is -4.35. The van der Waals surface area contributed by atoms with Gasteiger partial charge in [-0.3, -0.25) is 0 Å². The minimum atomic E-state index is -4.35. The third-order valence-corrected chi connectivity index (χ3v) is 7.15. The van der Waals surface area contributed by atoms with Crippen molar-refractivity contribution in [2.75, 3.05) is 17.5 Å². The predicted octanol–water partition coefficient (Wildman–Crippen LogP) is 7.41. The molecule has 0 radical (unpaired) electrons. The van der Waals surface area contributed by atoms with Gasteiger partial charge in [0.1, 0.15) is 5.75 Å². The number of alkyl halides is 3. The highest BCUT2D eigenvalue weighted by molar-refractivity contribution is 8.00. The number of halogens is 3. The third-order valence-electron chi connectivity index (χ3n) is 6.12. The Bertz CT molecular complexity index is 1230. The maximum atomic E-state index is 12.9. The Morgan fingerprint density at radius 1 is 1.09 bits per heavy atom. The second-order valence-electron chi connectivity index (χ2n) is 8.96. The van der Waals surface area contributed by atoms with Gasteiger partial charge < -0.3 is 14.1 Å². The first-order valence-electron chi connectivity index (χ1n) is 11.2. The van der Waals surface area contributed by atoms with E-state index in [2.05, 4.69) is 24.2 Å². The molecule has 8 heteroatoms. The molecule has 35 heavy (non-hydrogen) atoms. The van der Waals surface area contributed by atoms with Crippen LogP contribution >= 0.6 is 11.9 Å². The van der Waals surface area contributed by atoms with Gasteiger partial charge >= 0.3 is 12.1 Å². The number of fused-ring (bicyclic) bond motifs is 1. The van der Waals surface area contributed by atoms with Gasteiger partial charge in [-0.1, -0.05) is 32.0 Å². The molecule has 0 bridgehead atoms. The van der Waals surface area contributed by atoms with Crippen molar-refractivity contribution in [3.63, 3.8) is 0 Å². The van der Waals surface area contributed by atoms with Crippen LogP contribution in [0.1, 0.15) is 36.5 Å². The standard InChI is InChI=1S/C27H26F3NO3S/c1-16(2)23-14-31(35-21-9-11-25(17(3)12-21)34-15-26(32)33)24-10-6-19(13-22(23)24)18-4-7-20(8-5-18)27(28,29)30/h4-13,16,23H,14-15H2,1-3H3,(H,32,33). The van der Waals surface area contributed by atoms with E-state index >= 15 is 0 Å². The fraction of sp³-hybridized carbons (Fsp3) is 0.296. The van der Waals surface area contributed by atoms with Crippen LogP contribution in [0, 0.1) is 12.8 Å². The number of aliphatic carboxylic acids is 1. The Labute approximate surface area is 206 Å². The van der Waals surface area contributed by atoms with Crippen LogP contribution in [0.4, 0.5) is 18.9 Å². The number of carbonyl (C=O) groups is 1. The molecule has 1 aliphatic rings. The summed E-state index contributed by atoms with van der Waals surface area (Å²) in [6.45, 7) is 6.65. The fourth-order valence-electron chi connectivity index (χ4n) is 4.25. The van der Waals surface area contributed by atoms with Crippen LogP contribution in [0.15, 0.2) is 65.6 Å². The summed E-state index contributed by atoms with van der Waals surface area (Å²) in [6, 6.07) is 17.0.